The highest BCUT2D eigenvalue weighted by atomic mass is 16.5. The van der Waals surface area contributed by atoms with Crippen molar-refractivity contribution >= 4 is 0 Å². The largest absolute Gasteiger partial charge is 0.385 e. The highest BCUT2D eigenvalue weighted by molar-refractivity contribution is 5.15. The number of ether oxygens (including phenoxy) is 1. The summed E-state index contributed by atoms with van der Waals surface area (Å²) in [5.41, 5.74) is 1.23. The molecule has 7 heteroatoms. The number of aryl methyl sites for hydroxylation is 2. The molecule has 2 aromatic rings. The van der Waals surface area contributed by atoms with Crippen molar-refractivity contribution in [2.24, 2.45) is 7.05 Å². The van der Waals surface area contributed by atoms with Crippen LogP contribution in [0.2, 0.25) is 0 Å². The van der Waals surface area contributed by atoms with Crippen LogP contribution in [0.3, 0.4) is 0 Å². The van der Waals surface area contributed by atoms with E-state index in [9.17, 15) is 5.11 Å². The molecule has 2 rings (SSSR count). The summed E-state index contributed by atoms with van der Waals surface area (Å²) in [6.45, 7) is 1.37. The number of hydrogen-bond acceptors (Lipinski definition) is 5. The molecule has 7 nitrogen and oxygen atoms in total. The van der Waals surface area contributed by atoms with E-state index < -0.39 is 6.10 Å². The summed E-state index contributed by atoms with van der Waals surface area (Å²) in [5, 5.41) is 22.1. The van der Waals surface area contributed by atoms with Gasteiger partial charge in [0.2, 0.25) is 0 Å². The van der Waals surface area contributed by atoms with E-state index in [2.05, 4.69) is 15.4 Å². The predicted molar refractivity (Wildman–Crippen MR) is 63.8 cm³/mol. The van der Waals surface area contributed by atoms with Gasteiger partial charge in [-0.1, -0.05) is 5.21 Å². The summed E-state index contributed by atoms with van der Waals surface area (Å²) in [6, 6.07) is 1.78. The lowest BCUT2D eigenvalue weighted by Crippen LogP contribution is -2.12. The van der Waals surface area contributed by atoms with Crippen molar-refractivity contribution in [3.05, 3.63) is 29.8 Å². The highest BCUT2D eigenvalue weighted by Gasteiger charge is 2.18. The molecule has 1 unspecified atom stereocenters. The van der Waals surface area contributed by atoms with E-state index in [4.69, 9.17) is 4.74 Å². The third kappa shape index (κ3) is 2.74. The van der Waals surface area contributed by atoms with Gasteiger partial charge in [0.15, 0.2) is 0 Å². The quantitative estimate of drug-likeness (QED) is 0.738. The fourth-order valence-corrected chi connectivity index (χ4v) is 1.76. The molecule has 1 N–H and O–H groups in total. The predicted octanol–water partition coefficient (Wildman–Crippen LogP) is 0.130. The van der Waals surface area contributed by atoms with Crippen LogP contribution in [-0.4, -0.2) is 43.6 Å². The Labute approximate surface area is 105 Å². The lowest BCUT2D eigenvalue weighted by atomic mass is 10.2. The molecule has 18 heavy (non-hydrogen) atoms. The zero-order chi connectivity index (χ0) is 13.0. The number of aliphatic hydroxyl groups excluding tert-OH is 1. The summed E-state index contributed by atoms with van der Waals surface area (Å²) >= 11 is 0. The molecule has 0 fully saturated rings. The molecule has 0 saturated carbocycles. The molecule has 0 aliphatic carbocycles. The second-order valence-electron chi connectivity index (χ2n) is 4.05. The zero-order valence-corrected chi connectivity index (χ0v) is 10.5. The van der Waals surface area contributed by atoms with Crippen molar-refractivity contribution in [1.82, 2.24) is 24.8 Å². The first-order valence-corrected chi connectivity index (χ1v) is 5.77. The van der Waals surface area contributed by atoms with E-state index in [0.717, 1.165) is 6.42 Å². The van der Waals surface area contributed by atoms with Crippen molar-refractivity contribution in [3.63, 3.8) is 0 Å². The molecule has 0 spiro atoms. The summed E-state index contributed by atoms with van der Waals surface area (Å²) in [7, 11) is 3.43. The number of aliphatic hydroxyl groups is 1. The molecule has 1 atom stereocenters. The molecular weight excluding hydrogens is 234 g/mol. The van der Waals surface area contributed by atoms with Gasteiger partial charge < -0.3 is 9.84 Å². The first-order chi connectivity index (χ1) is 8.72. The number of aromatic nitrogens is 5. The van der Waals surface area contributed by atoms with Crippen LogP contribution in [0.1, 0.15) is 23.9 Å². The Hall–Kier alpha value is -1.73. The Kier molecular flexibility index (Phi) is 4.06. The number of hydrogen-bond donors (Lipinski definition) is 1. The van der Waals surface area contributed by atoms with Gasteiger partial charge in [-0.15, -0.1) is 5.10 Å². The van der Waals surface area contributed by atoms with Crippen molar-refractivity contribution in [2.45, 2.75) is 19.1 Å². The Morgan fingerprint density at radius 3 is 3.00 bits per heavy atom. The Morgan fingerprint density at radius 1 is 1.50 bits per heavy atom. The van der Waals surface area contributed by atoms with Crippen LogP contribution in [0.25, 0.3) is 0 Å². The molecule has 0 saturated heterocycles. The van der Waals surface area contributed by atoms with E-state index in [1.165, 1.54) is 0 Å². The van der Waals surface area contributed by atoms with Gasteiger partial charge >= 0.3 is 0 Å². The smallest absolute Gasteiger partial charge is 0.141 e. The van der Waals surface area contributed by atoms with Gasteiger partial charge in [-0.2, -0.15) is 5.10 Å². The average Bonchev–Trinajstić information content (AvgIpc) is 2.97. The molecule has 0 radical (unpaired) electrons. The molecule has 0 aromatic carbocycles. The van der Waals surface area contributed by atoms with Crippen LogP contribution in [0, 0.1) is 0 Å². The summed E-state index contributed by atoms with van der Waals surface area (Å²) < 4.78 is 8.32. The lowest BCUT2D eigenvalue weighted by molar-refractivity contribution is 0.181. The molecule has 0 aliphatic heterocycles. The van der Waals surface area contributed by atoms with Gasteiger partial charge in [0.1, 0.15) is 11.8 Å². The molecule has 0 amide bonds. The fraction of sp³-hybridized carbons (Fsp3) is 0.545. The highest BCUT2D eigenvalue weighted by Crippen LogP contribution is 2.19. The van der Waals surface area contributed by atoms with Crippen molar-refractivity contribution in [2.75, 3.05) is 13.7 Å². The molecule has 0 bridgehead atoms. The fourth-order valence-electron chi connectivity index (χ4n) is 1.76. The minimum Gasteiger partial charge on any atom is -0.385 e. The van der Waals surface area contributed by atoms with Gasteiger partial charge in [-0.3, -0.25) is 9.36 Å². The molecular formula is C11H17N5O2. The standard InChI is InChI=1S/C11H17N5O2/c1-15-8-9(13-14-15)11(17)10-4-5-12-16(10)6-3-7-18-2/h4-5,8,11,17H,3,6-7H2,1-2H3. The number of nitrogens with zero attached hydrogens (tertiary/aromatic N) is 5. The van der Waals surface area contributed by atoms with Crippen LogP contribution < -0.4 is 0 Å². The monoisotopic (exact) mass is 251 g/mol. The molecule has 0 aliphatic rings. The molecule has 2 heterocycles. The van der Waals surface area contributed by atoms with Crippen LogP contribution in [0.4, 0.5) is 0 Å². The Morgan fingerprint density at radius 2 is 2.33 bits per heavy atom. The van der Waals surface area contributed by atoms with Gasteiger partial charge in [0.25, 0.3) is 0 Å². The van der Waals surface area contributed by atoms with E-state index in [-0.39, 0.29) is 0 Å². The van der Waals surface area contributed by atoms with E-state index in [0.29, 0.717) is 24.5 Å². The first-order valence-electron chi connectivity index (χ1n) is 5.77. The second kappa shape index (κ2) is 5.74. The lowest BCUT2D eigenvalue weighted by Gasteiger charge is -2.10. The third-order valence-electron chi connectivity index (χ3n) is 2.65. The zero-order valence-electron chi connectivity index (χ0n) is 10.5. The Balaban J connectivity index is 2.10. The number of methoxy groups -OCH3 is 1. The van der Waals surface area contributed by atoms with E-state index >= 15 is 0 Å². The van der Waals surface area contributed by atoms with Crippen molar-refractivity contribution < 1.29 is 9.84 Å². The van der Waals surface area contributed by atoms with Gasteiger partial charge in [-0.05, 0) is 12.5 Å². The molecule has 98 valence electrons. The minimum atomic E-state index is -0.802. The van der Waals surface area contributed by atoms with Crippen molar-refractivity contribution in [1.29, 1.82) is 0 Å². The summed E-state index contributed by atoms with van der Waals surface area (Å²) in [6.07, 6.45) is 3.40. The SMILES string of the molecule is COCCCn1nccc1C(O)c1cn(C)nn1. The maximum Gasteiger partial charge on any atom is 0.141 e. The van der Waals surface area contributed by atoms with Crippen LogP contribution in [0.5, 0.6) is 0 Å². The maximum atomic E-state index is 10.2. The number of rotatable bonds is 6. The van der Waals surface area contributed by atoms with Crippen LogP contribution in [0.15, 0.2) is 18.5 Å². The van der Waals surface area contributed by atoms with Crippen molar-refractivity contribution in [3.8, 4) is 0 Å². The summed E-state index contributed by atoms with van der Waals surface area (Å²) in [4.78, 5) is 0. The normalized spacial score (nSPS) is 12.8. The third-order valence-corrected chi connectivity index (χ3v) is 2.65. The first kappa shape index (κ1) is 12.7. The van der Waals surface area contributed by atoms with Gasteiger partial charge in [0.05, 0.1) is 11.9 Å². The topological polar surface area (TPSA) is 78.0 Å². The molecule has 2 aromatic heterocycles. The Bertz CT molecular complexity index is 493. The van der Waals surface area contributed by atoms with Gasteiger partial charge in [-0.25, -0.2) is 0 Å². The van der Waals surface area contributed by atoms with Crippen LogP contribution in [-0.2, 0) is 18.3 Å². The van der Waals surface area contributed by atoms with Crippen LogP contribution >= 0.6 is 0 Å². The second-order valence-corrected chi connectivity index (χ2v) is 4.05. The minimum absolute atomic E-state index is 0.519. The van der Waals surface area contributed by atoms with E-state index in [1.54, 1.807) is 42.0 Å². The van der Waals surface area contributed by atoms with E-state index in [1.807, 2.05) is 0 Å². The average molecular weight is 251 g/mol. The summed E-state index contributed by atoms with van der Waals surface area (Å²) in [5.74, 6) is 0. The van der Waals surface area contributed by atoms with Gasteiger partial charge in [0, 0.05) is 33.5 Å². The maximum absolute atomic E-state index is 10.2.